The van der Waals surface area contributed by atoms with Crippen molar-refractivity contribution in [2.75, 3.05) is 17.2 Å². The van der Waals surface area contributed by atoms with E-state index in [0.717, 1.165) is 0 Å². The second-order valence-electron chi connectivity index (χ2n) is 4.00. The molecule has 0 unspecified atom stereocenters. The molecule has 2 aromatic rings. The Morgan fingerprint density at radius 3 is 2.90 bits per heavy atom. The summed E-state index contributed by atoms with van der Waals surface area (Å²) >= 11 is 0. The Labute approximate surface area is 114 Å². The maximum Gasteiger partial charge on any atom is 0.269 e. The van der Waals surface area contributed by atoms with Gasteiger partial charge >= 0.3 is 0 Å². The molecular weight excluding hydrogens is 262 g/mol. The highest BCUT2D eigenvalue weighted by molar-refractivity contribution is 5.98. The molecule has 2 amide bonds. The first-order chi connectivity index (χ1) is 9.56. The number of carbonyl (C=O) groups excluding carboxylic acids is 2. The van der Waals surface area contributed by atoms with Gasteiger partial charge in [0.15, 0.2) is 5.69 Å². The van der Waals surface area contributed by atoms with Crippen molar-refractivity contribution in [3.05, 3.63) is 35.8 Å². The topological polar surface area (TPSA) is 123 Å². The van der Waals surface area contributed by atoms with Crippen molar-refractivity contribution in [1.29, 1.82) is 0 Å². The second-order valence-corrected chi connectivity index (χ2v) is 4.00. The SMILES string of the molecule is Cc1cc(NC(=O)CNc2cccnc2C(N)=O)on1. The Balaban J connectivity index is 1.95. The van der Waals surface area contributed by atoms with E-state index in [1.807, 2.05) is 0 Å². The van der Waals surface area contributed by atoms with E-state index >= 15 is 0 Å². The van der Waals surface area contributed by atoms with Crippen molar-refractivity contribution in [3.8, 4) is 0 Å². The Morgan fingerprint density at radius 1 is 1.45 bits per heavy atom. The molecule has 0 aromatic carbocycles. The second kappa shape index (κ2) is 5.83. The minimum absolute atomic E-state index is 0.0638. The number of nitrogens with two attached hydrogens (primary N) is 1. The monoisotopic (exact) mass is 275 g/mol. The van der Waals surface area contributed by atoms with Gasteiger partial charge < -0.3 is 15.6 Å². The molecule has 8 heteroatoms. The molecule has 0 spiro atoms. The normalized spacial score (nSPS) is 10.1. The van der Waals surface area contributed by atoms with Crippen molar-refractivity contribution >= 4 is 23.4 Å². The number of primary amides is 1. The third-order valence-corrected chi connectivity index (χ3v) is 2.37. The highest BCUT2D eigenvalue weighted by atomic mass is 16.5. The number of nitrogens with one attached hydrogen (secondary N) is 2. The summed E-state index contributed by atoms with van der Waals surface area (Å²) in [5.74, 6) is -0.754. The third-order valence-electron chi connectivity index (χ3n) is 2.37. The number of amides is 2. The van der Waals surface area contributed by atoms with E-state index in [2.05, 4.69) is 20.8 Å². The summed E-state index contributed by atoms with van der Waals surface area (Å²) in [6.07, 6.45) is 1.45. The van der Waals surface area contributed by atoms with Gasteiger partial charge in [0.2, 0.25) is 11.8 Å². The molecule has 0 saturated heterocycles. The van der Waals surface area contributed by atoms with Crippen LogP contribution in [-0.2, 0) is 4.79 Å². The van der Waals surface area contributed by atoms with Gasteiger partial charge in [0.25, 0.3) is 5.91 Å². The van der Waals surface area contributed by atoms with Crippen molar-refractivity contribution in [2.24, 2.45) is 5.73 Å². The van der Waals surface area contributed by atoms with Gasteiger partial charge in [-0.05, 0) is 19.1 Å². The number of anilines is 2. The van der Waals surface area contributed by atoms with Gasteiger partial charge in [0.1, 0.15) is 0 Å². The zero-order chi connectivity index (χ0) is 14.5. The summed E-state index contributed by atoms with van der Waals surface area (Å²) in [5.41, 5.74) is 6.32. The smallest absolute Gasteiger partial charge is 0.269 e. The third kappa shape index (κ3) is 3.31. The van der Waals surface area contributed by atoms with Crippen LogP contribution in [0.15, 0.2) is 28.9 Å². The van der Waals surface area contributed by atoms with Crippen LogP contribution in [0, 0.1) is 6.92 Å². The fourth-order valence-corrected chi connectivity index (χ4v) is 1.52. The largest absolute Gasteiger partial charge is 0.374 e. The van der Waals surface area contributed by atoms with E-state index in [1.165, 1.54) is 6.20 Å². The highest BCUT2D eigenvalue weighted by Crippen LogP contribution is 2.11. The molecule has 0 saturated carbocycles. The molecule has 0 fully saturated rings. The fourth-order valence-electron chi connectivity index (χ4n) is 1.52. The quantitative estimate of drug-likeness (QED) is 0.731. The van der Waals surface area contributed by atoms with Crippen LogP contribution in [0.1, 0.15) is 16.2 Å². The number of carbonyl (C=O) groups is 2. The van der Waals surface area contributed by atoms with Gasteiger partial charge in [-0.25, -0.2) is 4.98 Å². The molecular formula is C12H13N5O3. The number of nitrogens with zero attached hydrogens (tertiary/aromatic N) is 2. The molecule has 2 heterocycles. The van der Waals surface area contributed by atoms with E-state index in [0.29, 0.717) is 11.4 Å². The lowest BCUT2D eigenvalue weighted by molar-refractivity contribution is -0.114. The zero-order valence-corrected chi connectivity index (χ0v) is 10.7. The average molecular weight is 275 g/mol. The van der Waals surface area contributed by atoms with Gasteiger partial charge in [0.05, 0.1) is 17.9 Å². The molecule has 0 bridgehead atoms. The lowest BCUT2D eigenvalue weighted by atomic mass is 10.3. The van der Waals surface area contributed by atoms with E-state index in [-0.39, 0.29) is 24.0 Å². The first-order valence-corrected chi connectivity index (χ1v) is 5.78. The van der Waals surface area contributed by atoms with Gasteiger partial charge in [-0.2, -0.15) is 0 Å². The lowest BCUT2D eigenvalue weighted by Gasteiger charge is -2.08. The van der Waals surface area contributed by atoms with Crippen LogP contribution in [0.25, 0.3) is 0 Å². The molecule has 0 aliphatic heterocycles. The maximum absolute atomic E-state index is 11.7. The molecule has 104 valence electrons. The van der Waals surface area contributed by atoms with Crippen molar-refractivity contribution in [3.63, 3.8) is 0 Å². The Hall–Kier alpha value is -2.90. The minimum atomic E-state index is -0.667. The fraction of sp³-hybridized carbons (Fsp3) is 0.167. The summed E-state index contributed by atoms with van der Waals surface area (Å²) in [6, 6.07) is 4.84. The number of hydrogen-bond donors (Lipinski definition) is 3. The van der Waals surface area contributed by atoms with E-state index < -0.39 is 5.91 Å². The molecule has 20 heavy (non-hydrogen) atoms. The minimum Gasteiger partial charge on any atom is -0.374 e. The van der Waals surface area contributed by atoms with Crippen LogP contribution < -0.4 is 16.4 Å². The molecule has 2 aromatic heterocycles. The molecule has 4 N–H and O–H groups in total. The van der Waals surface area contributed by atoms with Crippen LogP contribution in [0.3, 0.4) is 0 Å². The number of hydrogen-bond acceptors (Lipinski definition) is 6. The summed E-state index contributed by atoms with van der Waals surface area (Å²) in [7, 11) is 0. The Kier molecular flexibility index (Phi) is 3.94. The van der Waals surface area contributed by atoms with E-state index in [9.17, 15) is 9.59 Å². The summed E-state index contributed by atoms with van der Waals surface area (Å²) in [5, 5.41) is 8.94. The van der Waals surface area contributed by atoms with Crippen LogP contribution in [0.5, 0.6) is 0 Å². The molecule has 0 aliphatic carbocycles. The van der Waals surface area contributed by atoms with Crippen molar-refractivity contribution < 1.29 is 14.1 Å². The number of rotatable bonds is 5. The van der Waals surface area contributed by atoms with Gasteiger partial charge in [-0.3, -0.25) is 14.9 Å². The molecule has 2 rings (SSSR count). The molecule has 8 nitrogen and oxygen atoms in total. The van der Waals surface area contributed by atoms with E-state index in [4.69, 9.17) is 10.3 Å². The first-order valence-electron chi connectivity index (χ1n) is 5.78. The van der Waals surface area contributed by atoms with Crippen LogP contribution >= 0.6 is 0 Å². The lowest BCUT2D eigenvalue weighted by Crippen LogP contribution is -2.23. The Bertz CT molecular complexity index is 638. The van der Waals surface area contributed by atoms with Gasteiger partial charge in [-0.1, -0.05) is 5.16 Å². The summed E-state index contributed by atoms with van der Waals surface area (Å²) in [6.45, 7) is 1.68. The van der Waals surface area contributed by atoms with Gasteiger partial charge in [0, 0.05) is 12.3 Å². The van der Waals surface area contributed by atoms with Crippen LogP contribution in [0.2, 0.25) is 0 Å². The molecule has 0 aliphatic rings. The first kappa shape index (κ1) is 13.5. The molecule has 0 radical (unpaired) electrons. The van der Waals surface area contributed by atoms with Crippen LogP contribution in [0.4, 0.5) is 11.6 Å². The standard InChI is InChI=1S/C12H13N5O3/c1-7-5-10(20-17-7)16-9(18)6-15-8-3-2-4-14-11(8)12(13)19/h2-5,15H,6H2,1H3,(H2,13,19)(H,16,18). The summed E-state index contributed by atoms with van der Waals surface area (Å²) < 4.78 is 4.85. The Morgan fingerprint density at radius 2 is 2.25 bits per heavy atom. The zero-order valence-electron chi connectivity index (χ0n) is 10.7. The van der Waals surface area contributed by atoms with Gasteiger partial charge in [-0.15, -0.1) is 0 Å². The van der Waals surface area contributed by atoms with Crippen molar-refractivity contribution in [2.45, 2.75) is 6.92 Å². The van der Waals surface area contributed by atoms with E-state index in [1.54, 1.807) is 25.1 Å². The number of aromatic nitrogens is 2. The number of aryl methyl sites for hydroxylation is 1. The average Bonchev–Trinajstić information content (AvgIpc) is 2.82. The predicted octanol–water partition coefficient (Wildman–Crippen LogP) is 0.528. The number of pyridine rings is 1. The summed E-state index contributed by atoms with van der Waals surface area (Å²) in [4.78, 5) is 26.7. The highest BCUT2D eigenvalue weighted by Gasteiger charge is 2.11. The van der Waals surface area contributed by atoms with Crippen molar-refractivity contribution in [1.82, 2.24) is 10.1 Å². The predicted molar refractivity (Wildman–Crippen MR) is 71.1 cm³/mol. The molecule has 0 atom stereocenters. The van der Waals surface area contributed by atoms with Crippen LogP contribution in [-0.4, -0.2) is 28.5 Å². The maximum atomic E-state index is 11.7.